The zero-order chi connectivity index (χ0) is 16.7. The van der Waals surface area contributed by atoms with Gasteiger partial charge in [-0.2, -0.15) is 0 Å². The number of nitrogens with one attached hydrogen (secondary N) is 2. The lowest BCUT2D eigenvalue weighted by Gasteiger charge is -2.07. The molecule has 0 aliphatic rings. The number of aromatic nitrogens is 2. The minimum absolute atomic E-state index is 0. The summed E-state index contributed by atoms with van der Waals surface area (Å²) >= 11 is 0. The van der Waals surface area contributed by atoms with Gasteiger partial charge in [-0.05, 0) is 19.1 Å². The molecule has 1 aromatic carbocycles. The number of carbonyl (C=O) groups is 1. The van der Waals surface area contributed by atoms with Crippen molar-refractivity contribution in [2.75, 3.05) is 33.4 Å². The molecule has 1 heterocycles. The van der Waals surface area contributed by atoms with E-state index >= 15 is 0 Å². The number of hydrogen-bond acceptors (Lipinski definition) is 4. The molecule has 0 aliphatic heterocycles. The van der Waals surface area contributed by atoms with Gasteiger partial charge in [-0.25, -0.2) is 4.79 Å². The second-order valence-electron chi connectivity index (χ2n) is 5.19. The number of rotatable bonds is 9. The van der Waals surface area contributed by atoms with Crippen LogP contribution in [0, 0.1) is 0 Å². The van der Waals surface area contributed by atoms with Crippen LogP contribution in [-0.4, -0.2) is 48.4 Å². The third kappa shape index (κ3) is 4.83. The van der Waals surface area contributed by atoms with Gasteiger partial charge in [-0.15, -0.1) is 12.4 Å². The molecule has 7 nitrogen and oxygen atoms in total. The van der Waals surface area contributed by atoms with E-state index in [1.165, 1.54) is 4.57 Å². The molecule has 2 N–H and O–H groups in total. The predicted octanol–water partition coefficient (Wildman–Crippen LogP) is 0.597. The summed E-state index contributed by atoms with van der Waals surface area (Å²) in [5.74, 6) is -0.167. The summed E-state index contributed by atoms with van der Waals surface area (Å²) in [6.45, 7) is 5.10. The van der Waals surface area contributed by atoms with Crippen molar-refractivity contribution in [3.63, 3.8) is 0 Å². The summed E-state index contributed by atoms with van der Waals surface area (Å²) < 4.78 is 8.12. The van der Waals surface area contributed by atoms with Gasteiger partial charge in [-0.1, -0.05) is 12.1 Å². The molecular weight excluding hydrogens is 332 g/mol. The molecule has 0 radical (unpaired) electrons. The number of nitrogens with zero attached hydrogens (tertiary/aromatic N) is 2. The van der Waals surface area contributed by atoms with Gasteiger partial charge >= 0.3 is 5.69 Å². The second-order valence-corrected chi connectivity index (χ2v) is 5.19. The minimum atomic E-state index is -0.167. The molecule has 1 aromatic heterocycles. The molecule has 0 bridgehead atoms. The third-order valence-corrected chi connectivity index (χ3v) is 3.65. The smallest absolute Gasteiger partial charge is 0.329 e. The monoisotopic (exact) mass is 356 g/mol. The van der Waals surface area contributed by atoms with Gasteiger partial charge in [0.1, 0.15) is 6.54 Å². The second kappa shape index (κ2) is 10.1. The Morgan fingerprint density at radius 3 is 2.42 bits per heavy atom. The molecule has 1 amide bonds. The highest BCUT2D eigenvalue weighted by Crippen LogP contribution is 2.12. The average Bonchev–Trinajstić information content (AvgIpc) is 2.82. The van der Waals surface area contributed by atoms with Gasteiger partial charge in [0.05, 0.1) is 17.6 Å². The van der Waals surface area contributed by atoms with Gasteiger partial charge in [0.2, 0.25) is 5.91 Å². The van der Waals surface area contributed by atoms with Crippen LogP contribution >= 0.6 is 12.4 Å². The van der Waals surface area contributed by atoms with Gasteiger partial charge in [0.15, 0.2) is 0 Å². The van der Waals surface area contributed by atoms with Crippen molar-refractivity contribution in [2.45, 2.75) is 20.0 Å². The lowest BCUT2D eigenvalue weighted by atomic mass is 10.3. The molecule has 0 fully saturated rings. The molecule has 2 rings (SSSR count). The van der Waals surface area contributed by atoms with Crippen LogP contribution in [0.3, 0.4) is 0 Å². The molecule has 0 aliphatic carbocycles. The fourth-order valence-corrected chi connectivity index (χ4v) is 2.52. The topological polar surface area (TPSA) is 77.3 Å². The van der Waals surface area contributed by atoms with Crippen LogP contribution in [0.5, 0.6) is 0 Å². The Labute approximate surface area is 147 Å². The number of fused-ring (bicyclic) bond motifs is 1. The number of benzene rings is 1. The van der Waals surface area contributed by atoms with Crippen molar-refractivity contribution in [1.29, 1.82) is 0 Å². The quantitative estimate of drug-likeness (QED) is 0.645. The van der Waals surface area contributed by atoms with Crippen LogP contribution in [-0.2, 0) is 22.6 Å². The number of para-hydroxylation sites is 2. The zero-order valence-corrected chi connectivity index (χ0v) is 14.9. The van der Waals surface area contributed by atoms with E-state index in [0.29, 0.717) is 26.2 Å². The van der Waals surface area contributed by atoms with E-state index in [9.17, 15) is 9.59 Å². The Morgan fingerprint density at radius 2 is 1.79 bits per heavy atom. The number of hydrogen-bond donors (Lipinski definition) is 2. The van der Waals surface area contributed by atoms with Crippen molar-refractivity contribution in [2.24, 2.45) is 0 Å². The summed E-state index contributed by atoms with van der Waals surface area (Å²) in [5.41, 5.74) is 1.49. The Hall–Kier alpha value is -1.83. The molecule has 8 heteroatoms. The van der Waals surface area contributed by atoms with Crippen molar-refractivity contribution in [3.05, 3.63) is 34.7 Å². The van der Waals surface area contributed by atoms with Crippen LogP contribution in [0.15, 0.2) is 29.1 Å². The molecule has 2 aromatic rings. The maximum absolute atomic E-state index is 12.4. The van der Waals surface area contributed by atoms with E-state index in [1.807, 2.05) is 31.2 Å². The number of imidazole rings is 1. The normalized spacial score (nSPS) is 10.6. The van der Waals surface area contributed by atoms with E-state index in [1.54, 1.807) is 11.7 Å². The van der Waals surface area contributed by atoms with E-state index in [2.05, 4.69) is 10.6 Å². The van der Waals surface area contributed by atoms with Crippen molar-refractivity contribution >= 4 is 29.3 Å². The highest BCUT2D eigenvalue weighted by molar-refractivity contribution is 5.85. The number of halogens is 1. The first-order chi connectivity index (χ1) is 11.2. The minimum Gasteiger partial charge on any atom is -0.383 e. The first-order valence-electron chi connectivity index (χ1n) is 7.83. The van der Waals surface area contributed by atoms with Crippen LogP contribution < -0.4 is 16.3 Å². The van der Waals surface area contributed by atoms with Crippen LogP contribution in [0.2, 0.25) is 0 Å². The zero-order valence-electron chi connectivity index (χ0n) is 14.1. The van der Waals surface area contributed by atoms with Crippen LogP contribution in [0.1, 0.15) is 6.92 Å². The Bertz CT molecular complexity index is 711. The third-order valence-electron chi connectivity index (χ3n) is 3.65. The summed E-state index contributed by atoms with van der Waals surface area (Å²) in [7, 11) is 1.65. The highest BCUT2D eigenvalue weighted by Gasteiger charge is 2.13. The molecular formula is C16H25ClN4O3. The fraction of sp³-hybridized carbons (Fsp3) is 0.500. The highest BCUT2D eigenvalue weighted by atomic mass is 35.5. The van der Waals surface area contributed by atoms with Crippen LogP contribution in [0.25, 0.3) is 11.0 Å². The van der Waals surface area contributed by atoms with E-state index in [-0.39, 0.29) is 30.5 Å². The molecule has 0 saturated carbocycles. The number of carbonyl (C=O) groups excluding carboxylic acids is 1. The van der Waals surface area contributed by atoms with E-state index < -0.39 is 0 Å². The Kier molecular flexibility index (Phi) is 8.53. The number of ether oxygens (including phenoxy) is 1. The van der Waals surface area contributed by atoms with E-state index in [0.717, 1.165) is 17.6 Å². The maximum atomic E-state index is 12.4. The van der Waals surface area contributed by atoms with Gasteiger partial charge in [-0.3, -0.25) is 13.9 Å². The molecule has 134 valence electrons. The van der Waals surface area contributed by atoms with Crippen molar-refractivity contribution in [1.82, 2.24) is 19.8 Å². The van der Waals surface area contributed by atoms with Crippen molar-refractivity contribution < 1.29 is 9.53 Å². The van der Waals surface area contributed by atoms with Crippen LogP contribution in [0.4, 0.5) is 0 Å². The largest absolute Gasteiger partial charge is 0.383 e. The molecule has 0 unspecified atom stereocenters. The van der Waals surface area contributed by atoms with Crippen molar-refractivity contribution in [3.8, 4) is 0 Å². The number of aryl methyl sites for hydroxylation is 1. The predicted molar refractivity (Wildman–Crippen MR) is 96.9 cm³/mol. The molecule has 0 spiro atoms. The van der Waals surface area contributed by atoms with Gasteiger partial charge in [0.25, 0.3) is 0 Å². The molecule has 0 saturated heterocycles. The SMILES string of the molecule is CCn1c(=O)n(CC(=O)NCCNCCOC)c2ccccc21.Cl. The first-order valence-corrected chi connectivity index (χ1v) is 7.83. The average molecular weight is 357 g/mol. The summed E-state index contributed by atoms with van der Waals surface area (Å²) in [6.07, 6.45) is 0. The molecule has 24 heavy (non-hydrogen) atoms. The fourth-order valence-electron chi connectivity index (χ4n) is 2.52. The first kappa shape index (κ1) is 20.2. The van der Waals surface area contributed by atoms with Gasteiger partial charge in [0, 0.05) is 33.3 Å². The summed E-state index contributed by atoms with van der Waals surface area (Å²) in [6, 6.07) is 7.52. The molecule has 0 atom stereocenters. The lowest BCUT2D eigenvalue weighted by Crippen LogP contribution is -2.37. The number of methoxy groups -OCH3 is 1. The Balaban J connectivity index is 0.00000288. The summed E-state index contributed by atoms with van der Waals surface area (Å²) in [5, 5.41) is 5.96. The van der Waals surface area contributed by atoms with Gasteiger partial charge < -0.3 is 15.4 Å². The number of amides is 1. The standard InChI is InChI=1S/C16H24N4O3.ClH/c1-3-19-13-6-4-5-7-14(13)20(16(19)22)12-15(21)18-9-8-17-10-11-23-2;/h4-7,17H,3,8-12H2,1-2H3,(H,18,21);1H. The summed E-state index contributed by atoms with van der Waals surface area (Å²) in [4.78, 5) is 24.5. The Morgan fingerprint density at radius 1 is 1.12 bits per heavy atom. The lowest BCUT2D eigenvalue weighted by molar-refractivity contribution is -0.121. The van der Waals surface area contributed by atoms with E-state index in [4.69, 9.17) is 4.74 Å². The maximum Gasteiger partial charge on any atom is 0.329 e.